The van der Waals surface area contributed by atoms with Gasteiger partial charge in [-0.15, -0.1) is 11.3 Å². The Morgan fingerprint density at radius 2 is 1.69 bits per heavy atom. The molecule has 6 heteroatoms. The van der Waals surface area contributed by atoms with E-state index >= 15 is 0 Å². The SMILES string of the molecule is O=COc1cocc1-c1ccc(-c2c(C(=O)c3ccccc3)sc3cc(O)ccc23)cc1. The average molecular weight is 440 g/mol. The largest absolute Gasteiger partial charge is 0.508 e. The Labute approximate surface area is 187 Å². The molecule has 0 fully saturated rings. The Kier molecular flexibility index (Phi) is 5.05. The van der Waals surface area contributed by atoms with Crippen molar-refractivity contribution in [2.75, 3.05) is 0 Å². The van der Waals surface area contributed by atoms with E-state index in [0.29, 0.717) is 28.2 Å². The smallest absolute Gasteiger partial charge is 0.298 e. The van der Waals surface area contributed by atoms with Gasteiger partial charge in [-0.2, -0.15) is 0 Å². The van der Waals surface area contributed by atoms with Crippen LogP contribution < -0.4 is 4.74 Å². The minimum atomic E-state index is -0.0677. The second-order valence-corrected chi connectivity index (χ2v) is 8.18. The number of furan rings is 1. The Balaban J connectivity index is 1.64. The molecular formula is C26H16O5S. The third-order valence-corrected chi connectivity index (χ3v) is 6.35. The first kappa shape index (κ1) is 19.8. The lowest BCUT2D eigenvalue weighted by Crippen LogP contribution is -2.00. The number of carbonyl (C=O) groups is 2. The van der Waals surface area contributed by atoms with E-state index in [1.54, 1.807) is 24.3 Å². The lowest BCUT2D eigenvalue weighted by Gasteiger charge is -2.07. The average Bonchev–Trinajstić information content (AvgIpc) is 3.44. The van der Waals surface area contributed by atoms with E-state index in [1.807, 2.05) is 48.5 Å². The van der Waals surface area contributed by atoms with Crippen molar-refractivity contribution in [1.29, 1.82) is 0 Å². The number of benzene rings is 3. The molecule has 2 aromatic heterocycles. The van der Waals surface area contributed by atoms with Crippen LogP contribution in [0.3, 0.4) is 0 Å². The molecule has 0 radical (unpaired) electrons. The number of phenols is 1. The van der Waals surface area contributed by atoms with Crippen molar-refractivity contribution in [1.82, 2.24) is 0 Å². The summed E-state index contributed by atoms with van der Waals surface area (Å²) in [5.41, 5.74) is 3.76. The number of ketones is 1. The molecule has 156 valence electrons. The summed E-state index contributed by atoms with van der Waals surface area (Å²) in [5, 5.41) is 10.8. The molecule has 5 rings (SSSR count). The summed E-state index contributed by atoms with van der Waals surface area (Å²) < 4.78 is 11.0. The maximum Gasteiger partial charge on any atom is 0.298 e. The van der Waals surface area contributed by atoms with Crippen molar-refractivity contribution < 1.29 is 23.8 Å². The summed E-state index contributed by atoms with van der Waals surface area (Å²) >= 11 is 1.36. The van der Waals surface area contributed by atoms with E-state index < -0.39 is 0 Å². The van der Waals surface area contributed by atoms with Crippen molar-refractivity contribution in [3.8, 4) is 33.8 Å². The fourth-order valence-corrected chi connectivity index (χ4v) is 4.93. The summed E-state index contributed by atoms with van der Waals surface area (Å²) in [6.07, 6.45) is 2.88. The molecule has 0 saturated carbocycles. The van der Waals surface area contributed by atoms with Gasteiger partial charge in [0, 0.05) is 21.2 Å². The maximum atomic E-state index is 13.4. The molecule has 0 bridgehead atoms. The molecule has 2 heterocycles. The van der Waals surface area contributed by atoms with E-state index in [9.17, 15) is 14.7 Å². The highest BCUT2D eigenvalue weighted by atomic mass is 32.1. The second kappa shape index (κ2) is 8.17. The second-order valence-electron chi connectivity index (χ2n) is 7.12. The molecule has 3 aromatic carbocycles. The molecule has 0 spiro atoms. The molecule has 0 aliphatic heterocycles. The number of aromatic hydroxyl groups is 1. The van der Waals surface area contributed by atoms with E-state index in [-0.39, 0.29) is 11.5 Å². The first-order valence-corrected chi connectivity index (χ1v) is 10.6. The van der Waals surface area contributed by atoms with E-state index in [1.165, 1.54) is 23.9 Å². The summed E-state index contributed by atoms with van der Waals surface area (Å²) in [7, 11) is 0. The number of phenolic OH excluding ortho intramolecular Hbond substituents is 1. The number of hydrogen-bond acceptors (Lipinski definition) is 6. The van der Waals surface area contributed by atoms with Crippen molar-refractivity contribution in [3.63, 3.8) is 0 Å². The van der Waals surface area contributed by atoms with Crippen molar-refractivity contribution >= 4 is 33.7 Å². The van der Waals surface area contributed by atoms with Gasteiger partial charge in [0.2, 0.25) is 5.78 Å². The van der Waals surface area contributed by atoms with E-state index in [4.69, 9.17) is 9.15 Å². The molecule has 1 N–H and O–H groups in total. The van der Waals surface area contributed by atoms with Crippen LogP contribution in [-0.4, -0.2) is 17.4 Å². The van der Waals surface area contributed by atoms with Crippen LogP contribution in [0.4, 0.5) is 0 Å². The highest BCUT2D eigenvalue weighted by molar-refractivity contribution is 7.21. The summed E-state index contributed by atoms with van der Waals surface area (Å²) in [6, 6.07) is 21.9. The zero-order valence-corrected chi connectivity index (χ0v) is 17.5. The molecule has 0 atom stereocenters. The quantitative estimate of drug-likeness (QED) is 0.248. The number of thiophene rings is 1. The van der Waals surface area contributed by atoms with Gasteiger partial charge in [-0.3, -0.25) is 9.59 Å². The topological polar surface area (TPSA) is 76.7 Å². The van der Waals surface area contributed by atoms with Gasteiger partial charge in [0.1, 0.15) is 18.3 Å². The molecule has 5 aromatic rings. The predicted octanol–water partition coefficient (Wildman–Crippen LogP) is 6.30. The van der Waals surface area contributed by atoms with Crippen LogP contribution in [0.1, 0.15) is 15.2 Å². The minimum absolute atomic E-state index is 0.0677. The third kappa shape index (κ3) is 3.46. The van der Waals surface area contributed by atoms with Gasteiger partial charge in [-0.1, -0.05) is 54.6 Å². The van der Waals surface area contributed by atoms with Crippen LogP contribution in [0.15, 0.2) is 89.7 Å². The Morgan fingerprint density at radius 1 is 0.938 bits per heavy atom. The number of ether oxygens (including phenoxy) is 1. The number of hydrogen-bond donors (Lipinski definition) is 1. The minimum Gasteiger partial charge on any atom is -0.508 e. The predicted molar refractivity (Wildman–Crippen MR) is 123 cm³/mol. The van der Waals surface area contributed by atoms with Crippen LogP contribution in [0, 0.1) is 0 Å². The van der Waals surface area contributed by atoms with Gasteiger partial charge in [0.25, 0.3) is 6.47 Å². The molecule has 0 aliphatic carbocycles. The highest BCUT2D eigenvalue weighted by Gasteiger charge is 2.21. The number of fused-ring (bicyclic) bond motifs is 1. The fourth-order valence-electron chi connectivity index (χ4n) is 3.71. The van der Waals surface area contributed by atoms with Crippen LogP contribution in [0.25, 0.3) is 32.3 Å². The molecule has 0 aliphatic rings. The van der Waals surface area contributed by atoms with Crippen LogP contribution in [0.2, 0.25) is 0 Å². The molecule has 0 amide bonds. The molecule has 32 heavy (non-hydrogen) atoms. The van der Waals surface area contributed by atoms with Crippen molar-refractivity contribution in [2.45, 2.75) is 0 Å². The standard InChI is InChI=1S/C26H16O5S/c27-15-31-22-14-30-13-21(22)16-6-8-17(9-7-16)24-20-11-10-19(28)12-23(20)32-26(24)25(29)18-4-2-1-3-5-18/h1-15,28H. The molecule has 0 unspecified atom stereocenters. The fraction of sp³-hybridized carbons (Fsp3) is 0. The zero-order chi connectivity index (χ0) is 22.1. The summed E-state index contributed by atoms with van der Waals surface area (Å²) in [5.74, 6) is 0.424. The Bertz CT molecular complexity index is 1430. The molecule has 0 saturated heterocycles. The molecule has 5 nitrogen and oxygen atoms in total. The number of carbonyl (C=O) groups excluding carboxylic acids is 2. The Morgan fingerprint density at radius 3 is 2.44 bits per heavy atom. The van der Waals surface area contributed by atoms with Gasteiger partial charge < -0.3 is 14.3 Å². The van der Waals surface area contributed by atoms with Crippen LogP contribution in [-0.2, 0) is 4.79 Å². The van der Waals surface area contributed by atoms with Gasteiger partial charge >= 0.3 is 0 Å². The lowest BCUT2D eigenvalue weighted by molar-refractivity contribution is -0.120. The van der Waals surface area contributed by atoms with E-state index in [2.05, 4.69) is 0 Å². The first-order chi connectivity index (χ1) is 15.7. The maximum absolute atomic E-state index is 13.4. The van der Waals surface area contributed by atoms with Crippen molar-refractivity contribution in [3.05, 3.63) is 95.8 Å². The lowest BCUT2D eigenvalue weighted by atomic mass is 9.96. The third-order valence-electron chi connectivity index (χ3n) is 5.20. The van der Waals surface area contributed by atoms with Gasteiger partial charge in [-0.05, 0) is 29.3 Å². The van der Waals surface area contributed by atoms with Crippen LogP contribution >= 0.6 is 11.3 Å². The summed E-state index contributed by atoms with van der Waals surface area (Å²) in [6.45, 7) is 0.358. The Hall–Kier alpha value is -4.16. The summed E-state index contributed by atoms with van der Waals surface area (Å²) in [4.78, 5) is 24.7. The van der Waals surface area contributed by atoms with Crippen LogP contribution in [0.5, 0.6) is 11.5 Å². The van der Waals surface area contributed by atoms with E-state index in [0.717, 1.165) is 26.8 Å². The normalized spacial score (nSPS) is 10.9. The van der Waals surface area contributed by atoms with Crippen molar-refractivity contribution in [2.24, 2.45) is 0 Å². The van der Waals surface area contributed by atoms with Gasteiger partial charge in [0.15, 0.2) is 5.75 Å². The monoisotopic (exact) mass is 440 g/mol. The first-order valence-electron chi connectivity index (χ1n) is 9.78. The van der Waals surface area contributed by atoms with Gasteiger partial charge in [0.05, 0.1) is 10.4 Å². The highest BCUT2D eigenvalue weighted by Crippen LogP contribution is 2.42. The molecular weight excluding hydrogens is 424 g/mol. The zero-order valence-electron chi connectivity index (χ0n) is 16.6. The number of rotatable bonds is 6. The van der Waals surface area contributed by atoms with Gasteiger partial charge in [-0.25, -0.2) is 0 Å².